The molecule has 0 saturated heterocycles. The molecule has 90 valence electrons. The van der Waals surface area contributed by atoms with Crippen LogP contribution < -0.4 is 0 Å². The van der Waals surface area contributed by atoms with Crippen LogP contribution in [0.2, 0.25) is 0 Å². The molecule has 1 rings (SSSR count). The fourth-order valence-electron chi connectivity index (χ4n) is 1.69. The third-order valence-corrected chi connectivity index (χ3v) is 2.25. The van der Waals surface area contributed by atoms with Crippen LogP contribution >= 0.6 is 0 Å². The van der Waals surface area contributed by atoms with Crippen LogP contribution in [0, 0.1) is 0 Å². The van der Waals surface area contributed by atoms with Gasteiger partial charge in [0.1, 0.15) is 0 Å². The summed E-state index contributed by atoms with van der Waals surface area (Å²) in [5.41, 5.74) is 0.927. The Kier molecular flexibility index (Phi) is 4.86. The van der Waals surface area contributed by atoms with E-state index in [1.807, 2.05) is 37.3 Å². The molecule has 0 radical (unpaired) electrons. The lowest BCUT2D eigenvalue weighted by Crippen LogP contribution is -2.38. The average Bonchev–Trinajstić information content (AvgIpc) is 2.17. The van der Waals surface area contributed by atoms with Crippen molar-refractivity contribution in [3.05, 3.63) is 35.9 Å². The maximum absolute atomic E-state index is 12.4. The van der Waals surface area contributed by atoms with E-state index in [2.05, 4.69) is 0 Å². The molecule has 16 heavy (non-hydrogen) atoms. The number of hydrogen-bond donors (Lipinski definition) is 0. The molecule has 0 N–H and O–H groups in total. The molecular weight excluding hydrogens is 214 g/mol. The molecule has 0 aromatic heterocycles. The van der Waals surface area contributed by atoms with Crippen LogP contribution in [-0.2, 0) is 6.54 Å². The molecule has 1 aromatic carbocycles. The van der Waals surface area contributed by atoms with E-state index in [1.165, 1.54) is 4.90 Å². The van der Waals surface area contributed by atoms with E-state index in [-0.39, 0.29) is 0 Å². The van der Waals surface area contributed by atoms with Crippen molar-refractivity contribution in [3.8, 4) is 0 Å². The minimum absolute atomic E-state index is 0.371. The van der Waals surface area contributed by atoms with Crippen molar-refractivity contribution in [2.45, 2.75) is 19.9 Å². The molecule has 0 saturated carbocycles. The highest BCUT2D eigenvalue weighted by molar-refractivity contribution is 6.58. The number of rotatable bonds is 6. The second-order valence-corrected chi connectivity index (χ2v) is 3.93. The highest BCUT2D eigenvalue weighted by Gasteiger charge is 2.25. The summed E-state index contributed by atoms with van der Waals surface area (Å²) in [6.07, 6.45) is -0.0400. The lowest BCUT2D eigenvalue weighted by molar-refractivity contribution is 0.271. The zero-order chi connectivity index (χ0) is 12.0. The minimum atomic E-state index is -4.74. The van der Waals surface area contributed by atoms with Crippen molar-refractivity contribution in [1.82, 2.24) is 4.90 Å². The van der Waals surface area contributed by atoms with E-state index in [4.69, 9.17) is 0 Å². The van der Waals surface area contributed by atoms with E-state index >= 15 is 0 Å². The predicted molar refractivity (Wildman–Crippen MR) is 61.1 cm³/mol. The molecule has 0 aliphatic carbocycles. The van der Waals surface area contributed by atoms with Gasteiger partial charge in [0.2, 0.25) is 0 Å². The van der Waals surface area contributed by atoms with Crippen LogP contribution in [0.25, 0.3) is 0 Å². The SMILES string of the molecule is CCCN(Cc1ccccc1)C[B-](F)(F)F. The van der Waals surface area contributed by atoms with E-state index in [0.717, 1.165) is 12.0 Å². The molecule has 0 aliphatic heterocycles. The van der Waals surface area contributed by atoms with Gasteiger partial charge in [-0.1, -0.05) is 37.3 Å². The lowest BCUT2D eigenvalue weighted by Gasteiger charge is -2.27. The maximum Gasteiger partial charge on any atom is 0.492 e. The number of nitrogens with zero attached hydrogens (tertiary/aromatic N) is 1. The van der Waals surface area contributed by atoms with Gasteiger partial charge in [-0.25, -0.2) is 0 Å². The smallest absolute Gasteiger partial charge is 0.448 e. The number of halogens is 3. The molecule has 0 fully saturated rings. The standard InChI is InChI=1S/C11H16BF3N/c1-2-8-16(10-12(13,14)15)9-11-6-4-3-5-7-11/h3-7H,2,8-10H2,1H3/q-1. The van der Waals surface area contributed by atoms with E-state index < -0.39 is 13.4 Å². The first-order valence-corrected chi connectivity index (χ1v) is 5.48. The highest BCUT2D eigenvalue weighted by Crippen LogP contribution is 2.13. The van der Waals surface area contributed by atoms with Gasteiger partial charge in [0.25, 0.3) is 0 Å². The Morgan fingerprint density at radius 1 is 1.12 bits per heavy atom. The summed E-state index contributed by atoms with van der Waals surface area (Å²) in [7, 11) is 0. The van der Waals surface area contributed by atoms with Crippen molar-refractivity contribution in [2.24, 2.45) is 0 Å². The van der Waals surface area contributed by atoms with Gasteiger partial charge in [-0.2, -0.15) is 0 Å². The Labute approximate surface area is 94.3 Å². The van der Waals surface area contributed by atoms with Gasteiger partial charge in [0, 0.05) is 6.54 Å². The summed E-state index contributed by atoms with van der Waals surface area (Å²) in [5.74, 6) is 0. The van der Waals surface area contributed by atoms with Crippen LogP contribution in [0.4, 0.5) is 12.9 Å². The maximum atomic E-state index is 12.4. The average molecular weight is 230 g/mol. The fraction of sp³-hybridized carbons (Fsp3) is 0.455. The van der Waals surface area contributed by atoms with Gasteiger partial charge < -0.3 is 17.8 Å². The summed E-state index contributed by atoms with van der Waals surface area (Å²) < 4.78 is 37.1. The molecular formula is C11H16BF3N-. The second kappa shape index (κ2) is 5.94. The van der Waals surface area contributed by atoms with Crippen molar-refractivity contribution >= 4 is 6.98 Å². The van der Waals surface area contributed by atoms with Crippen LogP contribution in [0.1, 0.15) is 18.9 Å². The van der Waals surface area contributed by atoms with Crippen molar-refractivity contribution < 1.29 is 12.9 Å². The third-order valence-electron chi connectivity index (χ3n) is 2.25. The van der Waals surface area contributed by atoms with Crippen LogP contribution in [-0.4, -0.2) is 24.9 Å². The topological polar surface area (TPSA) is 3.24 Å². The molecule has 5 heteroatoms. The van der Waals surface area contributed by atoms with E-state index in [0.29, 0.717) is 13.1 Å². The zero-order valence-electron chi connectivity index (χ0n) is 9.37. The second-order valence-electron chi connectivity index (χ2n) is 3.93. The Balaban J connectivity index is 2.58. The molecule has 1 aromatic rings. The Morgan fingerprint density at radius 2 is 1.75 bits per heavy atom. The first-order valence-electron chi connectivity index (χ1n) is 5.48. The van der Waals surface area contributed by atoms with Crippen molar-refractivity contribution in [1.29, 1.82) is 0 Å². The minimum Gasteiger partial charge on any atom is -0.448 e. The summed E-state index contributed by atoms with van der Waals surface area (Å²) in [5, 5.41) is 0. The summed E-state index contributed by atoms with van der Waals surface area (Å²) in [6.45, 7) is -1.99. The summed E-state index contributed by atoms with van der Waals surface area (Å²) >= 11 is 0. The van der Waals surface area contributed by atoms with Gasteiger partial charge in [-0.3, -0.25) is 0 Å². The van der Waals surface area contributed by atoms with Gasteiger partial charge in [0.15, 0.2) is 0 Å². The number of benzene rings is 1. The van der Waals surface area contributed by atoms with Gasteiger partial charge >= 0.3 is 6.98 Å². The molecule has 0 heterocycles. The van der Waals surface area contributed by atoms with E-state index in [1.54, 1.807) is 0 Å². The lowest BCUT2D eigenvalue weighted by atomic mass is 9.91. The first-order chi connectivity index (χ1) is 7.51. The highest BCUT2D eigenvalue weighted by atomic mass is 19.4. The molecule has 0 bridgehead atoms. The van der Waals surface area contributed by atoms with Crippen LogP contribution in [0.5, 0.6) is 0 Å². The Morgan fingerprint density at radius 3 is 2.25 bits per heavy atom. The Hall–Kier alpha value is -0.965. The number of hydrogen-bond acceptors (Lipinski definition) is 1. The third kappa shape index (κ3) is 5.21. The molecule has 0 aliphatic rings. The summed E-state index contributed by atoms with van der Waals surface area (Å²) in [6, 6.07) is 9.26. The quantitative estimate of drug-likeness (QED) is 0.677. The molecule has 0 atom stereocenters. The molecule has 0 unspecified atom stereocenters. The summed E-state index contributed by atoms with van der Waals surface area (Å²) in [4.78, 5) is 1.45. The van der Waals surface area contributed by atoms with Gasteiger partial charge in [-0.05, 0) is 25.0 Å². The van der Waals surface area contributed by atoms with Crippen molar-refractivity contribution in [3.63, 3.8) is 0 Å². The molecule has 1 nitrogen and oxygen atoms in total. The monoisotopic (exact) mass is 230 g/mol. The van der Waals surface area contributed by atoms with Crippen LogP contribution in [0.15, 0.2) is 30.3 Å². The first kappa shape index (κ1) is 13.1. The molecule has 0 spiro atoms. The van der Waals surface area contributed by atoms with E-state index in [9.17, 15) is 12.9 Å². The van der Waals surface area contributed by atoms with Gasteiger partial charge in [0.05, 0.1) is 0 Å². The van der Waals surface area contributed by atoms with Gasteiger partial charge in [-0.15, -0.1) is 0 Å². The predicted octanol–water partition coefficient (Wildman–Crippen LogP) is 3.29. The van der Waals surface area contributed by atoms with Crippen LogP contribution in [0.3, 0.4) is 0 Å². The zero-order valence-corrected chi connectivity index (χ0v) is 9.37. The fourth-order valence-corrected chi connectivity index (χ4v) is 1.69. The van der Waals surface area contributed by atoms with Crippen molar-refractivity contribution in [2.75, 3.05) is 13.0 Å². The largest absolute Gasteiger partial charge is 0.492 e. The normalized spacial score (nSPS) is 12.1. The molecule has 0 amide bonds. The Bertz CT molecular complexity index is 300.